The van der Waals surface area contributed by atoms with Crippen LogP contribution in [0.15, 0.2) is 0 Å². The highest BCUT2D eigenvalue weighted by molar-refractivity contribution is 7.99. The van der Waals surface area contributed by atoms with Gasteiger partial charge in [0.1, 0.15) is 6.04 Å². The number of carbonyl (C=O) groups is 2. The predicted molar refractivity (Wildman–Crippen MR) is 97.7 cm³/mol. The lowest BCUT2D eigenvalue weighted by molar-refractivity contribution is -0.139. The molecule has 0 bridgehead atoms. The minimum atomic E-state index is -0.310. The summed E-state index contributed by atoms with van der Waals surface area (Å²) in [5, 5.41) is 3.13. The molecule has 1 saturated heterocycles. The summed E-state index contributed by atoms with van der Waals surface area (Å²) in [5.74, 6) is 1.42. The third-order valence-electron chi connectivity index (χ3n) is 4.31. The Bertz CT molecular complexity index is 420. The van der Waals surface area contributed by atoms with Crippen LogP contribution in [-0.2, 0) is 9.59 Å². The molecule has 0 aromatic carbocycles. The maximum absolute atomic E-state index is 12.5. The van der Waals surface area contributed by atoms with E-state index in [4.69, 9.17) is 5.73 Å². The van der Waals surface area contributed by atoms with Gasteiger partial charge in [0.25, 0.3) is 0 Å². The van der Waals surface area contributed by atoms with Crippen molar-refractivity contribution in [3.05, 3.63) is 0 Å². The fourth-order valence-corrected chi connectivity index (χ4v) is 4.20. The molecule has 0 aromatic rings. The van der Waals surface area contributed by atoms with Gasteiger partial charge in [0.2, 0.25) is 11.8 Å². The molecule has 2 amide bonds. The van der Waals surface area contributed by atoms with Crippen LogP contribution in [0.4, 0.5) is 0 Å². The summed E-state index contributed by atoms with van der Waals surface area (Å²) >= 11 is 1.66. The van der Waals surface area contributed by atoms with Crippen LogP contribution < -0.4 is 11.1 Å². The van der Waals surface area contributed by atoms with E-state index in [1.165, 1.54) is 0 Å². The summed E-state index contributed by atoms with van der Waals surface area (Å²) in [4.78, 5) is 26.7. The van der Waals surface area contributed by atoms with Gasteiger partial charge in [-0.1, -0.05) is 20.8 Å². The smallest absolute Gasteiger partial charge is 0.243 e. The lowest BCUT2D eigenvalue weighted by Crippen LogP contribution is -2.51. The second-order valence-electron chi connectivity index (χ2n) is 7.74. The monoisotopic (exact) mass is 363 g/mol. The Morgan fingerprint density at radius 3 is 2.39 bits per heavy atom. The van der Waals surface area contributed by atoms with E-state index in [0.29, 0.717) is 18.1 Å². The average Bonchev–Trinajstić information content (AvgIpc) is 2.89. The van der Waals surface area contributed by atoms with E-state index in [1.54, 1.807) is 16.7 Å². The van der Waals surface area contributed by atoms with Crippen LogP contribution in [0.1, 0.15) is 52.9 Å². The van der Waals surface area contributed by atoms with Gasteiger partial charge in [-0.05, 0) is 31.1 Å². The molecule has 2 aliphatic rings. The van der Waals surface area contributed by atoms with Gasteiger partial charge in [-0.25, -0.2) is 0 Å². The number of hydrogen-bond acceptors (Lipinski definition) is 4. The number of thioether (sulfide) groups is 1. The Labute approximate surface area is 149 Å². The fraction of sp³-hybridized carbons (Fsp3) is 0.875. The Morgan fingerprint density at radius 1 is 1.22 bits per heavy atom. The normalized spacial score (nSPS) is 28.2. The number of nitrogens with two attached hydrogens (primary N) is 1. The molecule has 0 aromatic heterocycles. The molecule has 0 spiro atoms. The molecule has 2 fully saturated rings. The number of hydrogen-bond donors (Lipinski definition) is 2. The highest BCUT2D eigenvalue weighted by Crippen LogP contribution is 2.27. The van der Waals surface area contributed by atoms with Crippen LogP contribution in [0.2, 0.25) is 0 Å². The SMILES string of the molecule is CC(C)(C)CC(=O)N1CSCC1C(=O)NC1CCC(N)CC1.Cl. The first kappa shape index (κ1) is 20.6. The van der Waals surface area contributed by atoms with Gasteiger partial charge < -0.3 is 16.0 Å². The van der Waals surface area contributed by atoms with Crippen molar-refractivity contribution in [1.82, 2.24) is 10.2 Å². The van der Waals surface area contributed by atoms with Gasteiger partial charge in [0.05, 0.1) is 5.88 Å². The highest BCUT2D eigenvalue weighted by atomic mass is 35.5. The van der Waals surface area contributed by atoms with Gasteiger partial charge in [-0.3, -0.25) is 9.59 Å². The van der Waals surface area contributed by atoms with Gasteiger partial charge in [0.15, 0.2) is 0 Å². The molecule has 134 valence electrons. The van der Waals surface area contributed by atoms with Crippen molar-refractivity contribution >= 4 is 36.0 Å². The molecular formula is C16H30ClN3O2S. The fourth-order valence-electron chi connectivity index (χ4n) is 3.02. The third-order valence-corrected chi connectivity index (χ3v) is 5.32. The lowest BCUT2D eigenvalue weighted by Gasteiger charge is -2.30. The minimum absolute atomic E-state index is 0. The van der Waals surface area contributed by atoms with Crippen LogP contribution in [0.5, 0.6) is 0 Å². The maximum Gasteiger partial charge on any atom is 0.243 e. The van der Waals surface area contributed by atoms with E-state index >= 15 is 0 Å². The van der Waals surface area contributed by atoms with E-state index < -0.39 is 0 Å². The van der Waals surface area contributed by atoms with E-state index in [0.717, 1.165) is 25.7 Å². The first-order valence-corrected chi connectivity index (χ1v) is 9.35. The maximum atomic E-state index is 12.5. The van der Waals surface area contributed by atoms with Crippen molar-refractivity contribution in [3.8, 4) is 0 Å². The summed E-state index contributed by atoms with van der Waals surface area (Å²) in [5.41, 5.74) is 5.85. The van der Waals surface area contributed by atoms with Gasteiger partial charge in [0, 0.05) is 24.3 Å². The molecule has 7 heteroatoms. The summed E-state index contributed by atoms with van der Waals surface area (Å²) < 4.78 is 0. The number of amides is 2. The number of halogens is 1. The molecule has 2 rings (SSSR count). The van der Waals surface area contributed by atoms with E-state index in [1.807, 2.05) is 0 Å². The molecule has 0 radical (unpaired) electrons. The van der Waals surface area contributed by atoms with Gasteiger partial charge in [-0.2, -0.15) is 0 Å². The van der Waals surface area contributed by atoms with Gasteiger partial charge >= 0.3 is 0 Å². The second kappa shape index (κ2) is 8.58. The van der Waals surface area contributed by atoms with Crippen molar-refractivity contribution in [2.24, 2.45) is 11.1 Å². The summed E-state index contributed by atoms with van der Waals surface area (Å²) in [6.45, 7) is 6.15. The molecule has 1 unspecified atom stereocenters. The predicted octanol–water partition coefficient (Wildman–Crippen LogP) is 2.13. The zero-order valence-electron chi connectivity index (χ0n) is 14.3. The van der Waals surface area contributed by atoms with Crippen LogP contribution >= 0.6 is 24.2 Å². The highest BCUT2D eigenvalue weighted by Gasteiger charge is 2.36. The van der Waals surface area contributed by atoms with E-state index in [9.17, 15) is 9.59 Å². The molecule has 23 heavy (non-hydrogen) atoms. The van der Waals surface area contributed by atoms with Crippen LogP contribution in [0.25, 0.3) is 0 Å². The zero-order chi connectivity index (χ0) is 16.3. The number of nitrogens with zero attached hydrogens (tertiary/aromatic N) is 1. The molecule has 1 aliphatic carbocycles. The molecule has 1 saturated carbocycles. The first-order chi connectivity index (χ1) is 10.3. The first-order valence-electron chi connectivity index (χ1n) is 8.19. The van der Waals surface area contributed by atoms with Crippen molar-refractivity contribution in [3.63, 3.8) is 0 Å². The Morgan fingerprint density at radius 2 is 1.83 bits per heavy atom. The number of carbonyl (C=O) groups excluding carboxylic acids is 2. The van der Waals surface area contributed by atoms with Crippen LogP contribution in [0, 0.1) is 5.41 Å². The largest absolute Gasteiger partial charge is 0.352 e. The van der Waals surface area contributed by atoms with E-state index in [-0.39, 0.29) is 47.8 Å². The number of rotatable bonds is 3. The van der Waals surface area contributed by atoms with Crippen molar-refractivity contribution in [2.45, 2.75) is 71.0 Å². The third kappa shape index (κ3) is 6.16. The summed E-state index contributed by atoms with van der Waals surface area (Å²) in [6, 6.07) is 0.188. The van der Waals surface area contributed by atoms with Crippen molar-refractivity contribution in [1.29, 1.82) is 0 Å². The van der Waals surface area contributed by atoms with Crippen molar-refractivity contribution in [2.75, 3.05) is 11.6 Å². The molecule has 1 atom stereocenters. The van der Waals surface area contributed by atoms with Crippen molar-refractivity contribution < 1.29 is 9.59 Å². The van der Waals surface area contributed by atoms with E-state index in [2.05, 4.69) is 26.1 Å². The zero-order valence-corrected chi connectivity index (χ0v) is 16.0. The summed E-state index contributed by atoms with van der Waals surface area (Å²) in [6.07, 6.45) is 4.31. The molecule has 5 nitrogen and oxygen atoms in total. The summed E-state index contributed by atoms with van der Waals surface area (Å²) in [7, 11) is 0. The number of nitrogens with one attached hydrogen (secondary N) is 1. The Hall–Kier alpha value is -0.460. The topological polar surface area (TPSA) is 75.4 Å². The molecule has 1 aliphatic heterocycles. The lowest BCUT2D eigenvalue weighted by atomic mass is 9.91. The molecule has 3 N–H and O–H groups in total. The van der Waals surface area contributed by atoms with Crippen LogP contribution in [0.3, 0.4) is 0 Å². The molecular weight excluding hydrogens is 334 g/mol. The minimum Gasteiger partial charge on any atom is -0.352 e. The quantitative estimate of drug-likeness (QED) is 0.805. The second-order valence-corrected chi connectivity index (χ2v) is 8.74. The standard InChI is InChI=1S/C16H29N3O2S.ClH/c1-16(2,3)8-14(20)19-10-22-9-13(19)15(21)18-12-6-4-11(17)5-7-12;/h11-13H,4-10,17H2,1-3H3,(H,18,21);1H. The Kier molecular flexibility index (Phi) is 7.68. The Balaban J connectivity index is 0.00000264. The average molecular weight is 364 g/mol. The van der Waals surface area contributed by atoms with Gasteiger partial charge in [-0.15, -0.1) is 24.2 Å². The molecule has 1 heterocycles. The van der Waals surface area contributed by atoms with Crippen LogP contribution in [-0.4, -0.2) is 46.5 Å².